The molecule has 144 valence electrons. The molecule has 1 fully saturated rings. The number of halogens is 1. The third kappa shape index (κ3) is 3.71. The molecule has 0 unspecified atom stereocenters. The van der Waals surface area contributed by atoms with Crippen LogP contribution in [0.25, 0.3) is 0 Å². The Kier molecular flexibility index (Phi) is 4.77. The molecule has 8 heteroatoms. The Hall–Kier alpha value is -3.29. The Bertz CT molecular complexity index is 917. The van der Waals surface area contributed by atoms with E-state index in [1.165, 1.54) is 24.3 Å². The van der Waals surface area contributed by atoms with Gasteiger partial charge in [0.15, 0.2) is 5.60 Å². The van der Waals surface area contributed by atoms with Crippen LogP contribution >= 0.6 is 0 Å². The van der Waals surface area contributed by atoms with Crippen molar-refractivity contribution < 1.29 is 18.8 Å². The lowest BCUT2D eigenvalue weighted by molar-refractivity contribution is -0.110. The molecular weight excluding hydrogens is 363 g/mol. The summed E-state index contributed by atoms with van der Waals surface area (Å²) in [5.74, 6) is -0.911. The van der Waals surface area contributed by atoms with Gasteiger partial charge >= 0.3 is 0 Å². The van der Waals surface area contributed by atoms with Gasteiger partial charge < -0.3 is 15.1 Å². The minimum absolute atomic E-state index is 0.184. The molecule has 3 heterocycles. The number of carbonyl (C=O) groups excluding carboxylic acids is 2. The Balaban J connectivity index is 1.41. The van der Waals surface area contributed by atoms with Gasteiger partial charge in [-0.25, -0.2) is 4.39 Å². The van der Waals surface area contributed by atoms with Gasteiger partial charge in [0.05, 0.1) is 18.4 Å². The van der Waals surface area contributed by atoms with Crippen LogP contribution in [0.2, 0.25) is 0 Å². The van der Waals surface area contributed by atoms with Crippen LogP contribution in [-0.2, 0) is 9.63 Å². The Morgan fingerprint density at radius 2 is 2.04 bits per heavy atom. The number of carbonyl (C=O) groups is 2. The Labute approximate surface area is 161 Å². The summed E-state index contributed by atoms with van der Waals surface area (Å²) >= 11 is 0. The van der Waals surface area contributed by atoms with E-state index in [1.807, 2.05) is 0 Å². The molecule has 28 heavy (non-hydrogen) atoms. The van der Waals surface area contributed by atoms with Gasteiger partial charge in [0.25, 0.3) is 11.8 Å². The highest BCUT2D eigenvalue weighted by molar-refractivity contribution is 6.43. The van der Waals surface area contributed by atoms with Crippen LogP contribution < -0.4 is 5.32 Å². The first kappa shape index (κ1) is 18.1. The summed E-state index contributed by atoms with van der Waals surface area (Å²) in [5.41, 5.74) is 0.593. The second kappa shape index (κ2) is 7.38. The molecule has 2 aromatic rings. The number of benzene rings is 1. The van der Waals surface area contributed by atoms with Gasteiger partial charge in [-0.3, -0.25) is 14.6 Å². The van der Waals surface area contributed by atoms with Gasteiger partial charge in [0, 0.05) is 24.7 Å². The largest absolute Gasteiger partial charge is 0.386 e. The zero-order valence-electron chi connectivity index (χ0n) is 15.1. The van der Waals surface area contributed by atoms with E-state index in [4.69, 9.17) is 4.84 Å². The molecule has 4 rings (SSSR count). The average Bonchev–Trinajstić information content (AvgIpc) is 3.12. The fraction of sp³-hybridized carbons (Fsp3) is 0.300. The van der Waals surface area contributed by atoms with E-state index in [1.54, 1.807) is 29.4 Å². The second-order valence-electron chi connectivity index (χ2n) is 7.02. The molecule has 2 amide bonds. The molecular formula is C20H19FN4O3. The number of amides is 2. The highest BCUT2D eigenvalue weighted by atomic mass is 19.1. The van der Waals surface area contributed by atoms with Crippen LogP contribution in [0.15, 0.2) is 53.9 Å². The van der Waals surface area contributed by atoms with E-state index in [-0.39, 0.29) is 17.6 Å². The monoisotopic (exact) mass is 382 g/mol. The number of pyridine rings is 1. The highest BCUT2D eigenvalue weighted by Gasteiger charge is 2.45. The third-order valence-electron chi connectivity index (χ3n) is 4.94. The molecule has 0 saturated carbocycles. The maximum atomic E-state index is 13.1. The Morgan fingerprint density at radius 1 is 1.21 bits per heavy atom. The normalized spacial score (nSPS) is 21.2. The van der Waals surface area contributed by atoms with Crippen molar-refractivity contribution in [1.29, 1.82) is 0 Å². The molecule has 7 nitrogen and oxygen atoms in total. The summed E-state index contributed by atoms with van der Waals surface area (Å²) in [6, 6.07) is 8.94. The van der Waals surface area contributed by atoms with Crippen molar-refractivity contribution in [1.82, 2.24) is 9.88 Å². The van der Waals surface area contributed by atoms with Crippen molar-refractivity contribution in [2.24, 2.45) is 5.16 Å². The van der Waals surface area contributed by atoms with Crippen molar-refractivity contribution >= 4 is 23.2 Å². The van der Waals surface area contributed by atoms with Crippen molar-refractivity contribution in [2.45, 2.75) is 24.9 Å². The highest BCUT2D eigenvalue weighted by Crippen LogP contribution is 2.34. The molecule has 2 aliphatic rings. The number of oxime groups is 1. The fourth-order valence-corrected chi connectivity index (χ4v) is 3.55. The maximum absolute atomic E-state index is 13.1. The lowest BCUT2D eigenvalue weighted by atomic mass is 9.87. The van der Waals surface area contributed by atoms with Crippen LogP contribution in [0.4, 0.5) is 10.1 Å². The summed E-state index contributed by atoms with van der Waals surface area (Å²) in [7, 11) is 0. The molecule has 1 atom stereocenters. The van der Waals surface area contributed by atoms with Crippen molar-refractivity contribution in [2.75, 3.05) is 18.4 Å². The van der Waals surface area contributed by atoms with Crippen LogP contribution in [-0.4, -0.2) is 46.1 Å². The van der Waals surface area contributed by atoms with E-state index in [0.29, 0.717) is 42.9 Å². The average molecular weight is 382 g/mol. The molecule has 1 aromatic carbocycles. The first-order valence-electron chi connectivity index (χ1n) is 9.06. The summed E-state index contributed by atoms with van der Waals surface area (Å²) in [4.78, 5) is 36.5. The summed E-state index contributed by atoms with van der Waals surface area (Å²) < 4.78 is 13.1. The minimum atomic E-state index is -0.699. The van der Waals surface area contributed by atoms with Crippen LogP contribution in [0.5, 0.6) is 0 Å². The number of aromatic nitrogens is 1. The number of nitrogens with zero attached hydrogens (tertiary/aromatic N) is 3. The second-order valence-corrected chi connectivity index (χ2v) is 7.02. The number of anilines is 1. The number of likely N-dealkylation sites (tertiary alicyclic amines) is 1. The van der Waals surface area contributed by atoms with Crippen LogP contribution in [0.1, 0.15) is 29.6 Å². The zero-order valence-corrected chi connectivity index (χ0v) is 15.1. The number of hydrogen-bond donors (Lipinski definition) is 1. The van der Waals surface area contributed by atoms with Crippen molar-refractivity contribution in [3.8, 4) is 0 Å². The summed E-state index contributed by atoms with van der Waals surface area (Å²) in [5, 5.41) is 6.73. The SMILES string of the molecule is O=C(Nc1cccnc1)C1=NO[C@]2(CCCN(C(=O)c3ccc(F)cc3)C2)C1. The molecule has 1 aromatic heterocycles. The van der Waals surface area contributed by atoms with E-state index in [0.717, 1.165) is 6.42 Å². The first-order chi connectivity index (χ1) is 13.5. The van der Waals surface area contributed by atoms with Crippen molar-refractivity contribution in [3.63, 3.8) is 0 Å². The predicted molar refractivity (Wildman–Crippen MR) is 100 cm³/mol. The molecule has 1 saturated heterocycles. The van der Waals surface area contributed by atoms with Crippen LogP contribution in [0, 0.1) is 5.82 Å². The van der Waals surface area contributed by atoms with E-state index >= 15 is 0 Å². The van der Waals surface area contributed by atoms with Gasteiger partial charge in [-0.15, -0.1) is 0 Å². The lowest BCUT2D eigenvalue weighted by Gasteiger charge is -2.38. The molecule has 0 radical (unpaired) electrons. The molecule has 2 aliphatic heterocycles. The molecule has 1 spiro atoms. The van der Waals surface area contributed by atoms with Gasteiger partial charge in [0.1, 0.15) is 11.5 Å². The van der Waals surface area contributed by atoms with E-state index in [9.17, 15) is 14.0 Å². The number of nitrogens with one attached hydrogen (secondary N) is 1. The topological polar surface area (TPSA) is 83.9 Å². The third-order valence-corrected chi connectivity index (χ3v) is 4.94. The number of rotatable bonds is 3. The van der Waals surface area contributed by atoms with Gasteiger partial charge in [-0.2, -0.15) is 0 Å². The summed E-state index contributed by atoms with van der Waals surface area (Å²) in [6.45, 7) is 0.912. The first-order valence-corrected chi connectivity index (χ1v) is 9.06. The predicted octanol–water partition coefficient (Wildman–Crippen LogP) is 2.61. The number of hydrogen-bond acceptors (Lipinski definition) is 5. The lowest BCUT2D eigenvalue weighted by Crippen LogP contribution is -2.50. The Morgan fingerprint density at radius 3 is 2.79 bits per heavy atom. The molecule has 0 aliphatic carbocycles. The van der Waals surface area contributed by atoms with Crippen LogP contribution in [0.3, 0.4) is 0 Å². The molecule has 1 N–H and O–H groups in total. The van der Waals surface area contributed by atoms with Gasteiger partial charge in [0.2, 0.25) is 0 Å². The van der Waals surface area contributed by atoms with Gasteiger partial charge in [-0.1, -0.05) is 5.16 Å². The quantitative estimate of drug-likeness (QED) is 0.885. The standard InChI is InChI=1S/C20H19FN4O3/c21-15-6-4-14(5-7-15)19(27)25-10-2-8-20(13-25)11-17(24-28-20)18(26)23-16-3-1-9-22-12-16/h1,3-7,9,12H,2,8,10-11,13H2,(H,23,26)/t20-/m1/s1. The number of piperidine rings is 1. The molecule has 0 bridgehead atoms. The van der Waals surface area contributed by atoms with Crippen molar-refractivity contribution in [3.05, 3.63) is 60.2 Å². The van der Waals surface area contributed by atoms with E-state index in [2.05, 4.69) is 15.5 Å². The zero-order chi connectivity index (χ0) is 19.6. The van der Waals surface area contributed by atoms with Gasteiger partial charge in [-0.05, 0) is 49.2 Å². The summed E-state index contributed by atoms with van der Waals surface area (Å²) in [6.07, 6.45) is 4.93. The minimum Gasteiger partial charge on any atom is -0.386 e. The van der Waals surface area contributed by atoms with E-state index < -0.39 is 5.60 Å². The maximum Gasteiger partial charge on any atom is 0.273 e. The smallest absolute Gasteiger partial charge is 0.273 e. The fourth-order valence-electron chi connectivity index (χ4n) is 3.55.